The Labute approximate surface area is 153 Å². The van der Waals surface area contributed by atoms with Gasteiger partial charge in [0.2, 0.25) is 5.91 Å². The van der Waals surface area contributed by atoms with Crippen molar-refractivity contribution in [2.24, 2.45) is 0 Å². The first-order chi connectivity index (χ1) is 12.5. The minimum atomic E-state index is -3.87. The molecule has 0 aliphatic carbocycles. The van der Waals surface area contributed by atoms with Crippen LogP contribution in [0.5, 0.6) is 5.75 Å². The molecule has 1 aliphatic rings. The topological polar surface area (TPSA) is 75.7 Å². The molecule has 7 heteroatoms. The van der Waals surface area contributed by atoms with E-state index in [1.807, 2.05) is 19.1 Å². The van der Waals surface area contributed by atoms with Crippen LogP contribution in [0, 0.1) is 0 Å². The summed E-state index contributed by atoms with van der Waals surface area (Å²) >= 11 is 0. The van der Waals surface area contributed by atoms with E-state index in [-0.39, 0.29) is 16.6 Å². The second-order valence-electron chi connectivity index (χ2n) is 6.10. The maximum atomic E-state index is 13.0. The van der Waals surface area contributed by atoms with Crippen molar-refractivity contribution < 1.29 is 17.9 Å². The second-order valence-corrected chi connectivity index (χ2v) is 7.75. The molecule has 0 atom stereocenters. The summed E-state index contributed by atoms with van der Waals surface area (Å²) in [5, 5.41) is 0. The Bertz CT molecular complexity index is 925. The minimum Gasteiger partial charge on any atom is -0.495 e. The summed E-state index contributed by atoms with van der Waals surface area (Å²) in [6.07, 6.45) is 1.96. The van der Waals surface area contributed by atoms with E-state index in [1.165, 1.54) is 13.2 Å². The number of methoxy groups -OCH3 is 1. The molecule has 1 N–H and O–H groups in total. The van der Waals surface area contributed by atoms with Crippen molar-refractivity contribution in [1.29, 1.82) is 0 Å². The molecule has 26 heavy (non-hydrogen) atoms. The molecule has 138 valence electrons. The number of hydrogen-bond donors (Lipinski definition) is 1. The van der Waals surface area contributed by atoms with E-state index in [0.717, 1.165) is 12.0 Å². The number of para-hydroxylation sites is 1. The number of hydrogen-bond acceptors (Lipinski definition) is 4. The van der Waals surface area contributed by atoms with E-state index in [9.17, 15) is 13.2 Å². The fraction of sp³-hybridized carbons (Fsp3) is 0.316. The molecule has 0 saturated carbocycles. The maximum absolute atomic E-state index is 13.0. The third-order valence-electron chi connectivity index (χ3n) is 4.46. The average Bonchev–Trinajstić information content (AvgIpc) is 3.07. The maximum Gasteiger partial charge on any atom is 0.265 e. The van der Waals surface area contributed by atoms with Gasteiger partial charge in [-0.1, -0.05) is 25.1 Å². The number of anilines is 2. The molecular weight excluding hydrogens is 352 g/mol. The Morgan fingerprint density at radius 1 is 1.19 bits per heavy atom. The SMILES string of the molecule is CCc1ccccc1NS(=O)(=O)c1cc(N2CCCC2=O)ccc1OC. The van der Waals surface area contributed by atoms with Crippen LogP contribution in [0.1, 0.15) is 25.3 Å². The fourth-order valence-corrected chi connectivity index (χ4v) is 4.38. The summed E-state index contributed by atoms with van der Waals surface area (Å²) in [5.41, 5.74) is 2.01. The van der Waals surface area contributed by atoms with Crippen LogP contribution in [-0.2, 0) is 21.2 Å². The van der Waals surface area contributed by atoms with Gasteiger partial charge in [-0.25, -0.2) is 8.42 Å². The Hall–Kier alpha value is -2.54. The molecular formula is C19H22N2O4S. The van der Waals surface area contributed by atoms with Crippen LogP contribution in [0.4, 0.5) is 11.4 Å². The van der Waals surface area contributed by atoms with E-state index in [0.29, 0.717) is 30.8 Å². The Morgan fingerprint density at radius 2 is 1.96 bits per heavy atom. The summed E-state index contributed by atoms with van der Waals surface area (Å²) < 4.78 is 33.9. The molecule has 1 aliphatic heterocycles. The van der Waals surface area contributed by atoms with Gasteiger partial charge in [0.15, 0.2) is 0 Å². The van der Waals surface area contributed by atoms with Gasteiger partial charge in [0.1, 0.15) is 10.6 Å². The lowest BCUT2D eigenvalue weighted by molar-refractivity contribution is -0.117. The number of nitrogens with zero attached hydrogens (tertiary/aromatic N) is 1. The number of rotatable bonds is 6. The summed E-state index contributed by atoms with van der Waals surface area (Å²) in [7, 11) is -2.45. The first-order valence-electron chi connectivity index (χ1n) is 8.55. The third kappa shape index (κ3) is 3.53. The average molecular weight is 374 g/mol. The Kier molecular flexibility index (Phi) is 5.18. The molecule has 0 spiro atoms. The third-order valence-corrected chi connectivity index (χ3v) is 5.85. The zero-order valence-corrected chi connectivity index (χ0v) is 15.7. The highest BCUT2D eigenvalue weighted by atomic mass is 32.2. The molecule has 1 heterocycles. The van der Waals surface area contributed by atoms with Crippen molar-refractivity contribution in [2.75, 3.05) is 23.3 Å². The number of amides is 1. The molecule has 1 fully saturated rings. The number of benzene rings is 2. The number of nitrogens with one attached hydrogen (secondary N) is 1. The van der Waals surface area contributed by atoms with Gasteiger partial charge in [0.05, 0.1) is 12.8 Å². The molecule has 1 amide bonds. The molecule has 6 nitrogen and oxygen atoms in total. The van der Waals surface area contributed by atoms with Crippen LogP contribution in [0.25, 0.3) is 0 Å². The van der Waals surface area contributed by atoms with Crippen LogP contribution in [0.2, 0.25) is 0 Å². The van der Waals surface area contributed by atoms with E-state index in [2.05, 4.69) is 4.72 Å². The van der Waals surface area contributed by atoms with Crippen LogP contribution in [0.3, 0.4) is 0 Å². The number of carbonyl (C=O) groups excluding carboxylic acids is 1. The predicted molar refractivity (Wildman–Crippen MR) is 101 cm³/mol. The summed E-state index contributed by atoms with van der Waals surface area (Å²) in [5.74, 6) is 0.240. The van der Waals surface area contributed by atoms with Crippen LogP contribution in [-0.4, -0.2) is 28.0 Å². The normalized spacial score (nSPS) is 14.5. The predicted octanol–water partition coefficient (Wildman–Crippen LogP) is 3.19. The highest BCUT2D eigenvalue weighted by molar-refractivity contribution is 7.92. The van der Waals surface area contributed by atoms with Crippen molar-refractivity contribution in [2.45, 2.75) is 31.1 Å². The summed E-state index contributed by atoms with van der Waals surface area (Å²) in [6.45, 7) is 2.56. The van der Waals surface area contributed by atoms with E-state index in [4.69, 9.17) is 4.74 Å². The van der Waals surface area contributed by atoms with Gasteiger partial charge in [-0.2, -0.15) is 0 Å². The quantitative estimate of drug-likeness (QED) is 0.843. The molecule has 3 rings (SSSR count). The lowest BCUT2D eigenvalue weighted by Crippen LogP contribution is -2.24. The molecule has 0 aromatic heterocycles. The van der Waals surface area contributed by atoms with Gasteiger partial charge in [0.25, 0.3) is 10.0 Å². The van der Waals surface area contributed by atoms with Crippen molar-refractivity contribution in [3.63, 3.8) is 0 Å². The van der Waals surface area contributed by atoms with E-state index in [1.54, 1.807) is 29.2 Å². The Balaban J connectivity index is 2.01. The molecule has 2 aromatic rings. The van der Waals surface area contributed by atoms with Crippen molar-refractivity contribution in [1.82, 2.24) is 0 Å². The monoisotopic (exact) mass is 374 g/mol. The van der Waals surface area contributed by atoms with Gasteiger partial charge in [-0.15, -0.1) is 0 Å². The number of aryl methyl sites for hydroxylation is 1. The molecule has 0 bridgehead atoms. The van der Waals surface area contributed by atoms with Crippen molar-refractivity contribution in [3.05, 3.63) is 48.0 Å². The minimum absolute atomic E-state index is 0.00259. The molecule has 1 saturated heterocycles. The van der Waals surface area contributed by atoms with E-state index >= 15 is 0 Å². The standard InChI is InChI=1S/C19H22N2O4S/c1-3-14-7-4-5-8-16(14)20-26(23,24)18-13-15(10-11-17(18)25-2)21-12-6-9-19(21)22/h4-5,7-8,10-11,13,20H,3,6,9,12H2,1-2H3. The molecule has 0 radical (unpaired) electrons. The first-order valence-corrected chi connectivity index (χ1v) is 10.0. The smallest absolute Gasteiger partial charge is 0.265 e. The zero-order chi connectivity index (χ0) is 18.7. The van der Waals surface area contributed by atoms with Crippen LogP contribution in [0.15, 0.2) is 47.4 Å². The van der Waals surface area contributed by atoms with Gasteiger partial charge >= 0.3 is 0 Å². The van der Waals surface area contributed by atoms with Gasteiger partial charge in [-0.05, 0) is 42.7 Å². The second kappa shape index (κ2) is 7.37. The van der Waals surface area contributed by atoms with Gasteiger partial charge < -0.3 is 9.64 Å². The van der Waals surface area contributed by atoms with Crippen molar-refractivity contribution >= 4 is 27.3 Å². The highest BCUT2D eigenvalue weighted by Crippen LogP contribution is 2.32. The van der Waals surface area contributed by atoms with Crippen molar-refractivity contribution in [3.8, 4) is 5.75 Å². The van der Waals surface area contributed by atoms with Crippen LogP contribution >= 0.6 is 0 Å². The summed E-state index contributed by atoms with van der Waals surface area (Å²) in [6, 6.07) is 12.1. The fourth-order valence-electron chi connectivity index (χ4n) is 3.09. The van der Waals surface area contributed by atoms with Gasteiger partial charge in [-0.3, -0.25) is 9.52 Å². The number of carbonyl (C=O) groups is 1. The molecule has 0 unspecified atom stereocenters. The lowest BCUT2D eigenvalue weighted by atomic mass is 10.1. The molecule has 2 aromatic carbocycles. The number of ether oxygens (including phenoxy) is 1. The number of sulfonamides is 1. The Morgan fingerprint density at radius 3 is 2.62 bits per heavy atom. The first kappa shape index (κ1) is 18.3. The van der Waals surface area contributed by atoms with Crippen LogP contribution < -0.4 is 14.4 Å². The van der Waals surface area contributed by atoms with E-state index < -0.39 is 10.0 Å². The largest absolute Gasteiger partial charge is 0.495 e. The zero-order valence-electron chi connectivity index (χ0n) is 14.9. The summed E-state index contributed by atoms with van der Waals surface area (Å²) in [4.78, 5) is 13.6. The van der Waals surface area contributed by atoms with Gasteiger partial charge in [0, 0.05) is 18.7 Å². The lowest BCUT2D eigenvalue weighted by Gasteiger charge is -2.19. The highest BCUT2D eigenvalue weighted by Gasteiger charge is 2.26.